The van der Waals surface area contributed by atoms with Crippen LogP contribution in [0.3, 0.4) is 0 Å². The van der Waals surface area contributed by atoms with Crippen LogP contribution in [0.1, 0.15) is 35.3 Å². The summed E-state index contributed by atoms with van der Waals surface area (Å²) in [7, 11) is -3.76. The number of primary sulfonamides is 1. The van der Waals surface area contributed by atoms with E-state index in [4.69, 9.17) is 5.14 Å². The minimum absolute atomic E-state index is 0.0217. The predicted octanol–water partition coefficient (Wildman–Crippen LogP) is 1.48. The number of carbonyl (C=O) groups is 1. The first kappa shape index (κ1) is 15.1. The third-order valence-corrected chi connectivity index (χ3v) is 4.40. The SMILES string of the molecule is Cc1sc(C(=O)NCC(C)(C)C)cc1S(N)(=O)=O. The topological polar surface area (TPSA) is 89.3 Å². The van der Waals surface area contributed by atoms with E-state index in [9.17, 15) is 13.2 Å². The van der Waals surface area contributed by atoms with Crippen LogP contribution in [0.2, 0.25) is 0 Å². The molecule has 0 fully saturated rings. The number of rotatable bonds is 3. The predicted molar refractivity (Wildman–Crippen MR) is 72.2 cm³/mol. The largest absolute Gasteiger partial charge is 0.351 e. The molecule has 3 N–H and O–H groups in total. The molecule has 18 heavy (non-hydrogen) atoms. The van der Waals surface area contributed by atoms with Crippen LogP contribution in [0.25, 0.3) is 0 Å². The first-order valence-corrected chi connectivity index (χ1v) is 7.78. The number of aryl methyl sites for hydroxylation is 1. The van der Waals surface area contributed by atoms with Crippen LogP contribution in [0.15, 0.2) is 11.0 Å². The van der Waals surface area contributed by atoms with Crippen molar-refractivity contribution in [3.05, 3.63) is 15.8 Å². The molecular weight excluding hydrogens is 272 g/mol. The summed E-state index contributed by atoms with van der Waals surface area (Å²) in [5.41, 5.74) is -0.0231. The van der Waals surface area contributed by atoms with E-state index in [1.807, 2.05) is 20.8 Å². The van der Waals surface area contributed by atoms with Gasteiger partial charge in [-0.25, -0.2) is 13.6 Å². The molecule has 1 aromatic heterocycles. The molecule has 0 aromatic carbocycles. The Bertz CT molecular complexity index is 553. The molecule has 0 aliphatic heterocycles. The van der Waals surface area contributed by atoms with Crippen LogP contribution < -0.4 is 10.5 Å². The highest BCUT2D eigenvalue weighted by atomic mass is 32.2. The lowest BCUT2D eigenvalue weighted by atomic mass is 9.97. The molecule has 1 aromatic rings. The zero-order valence-electron chi connectivity index (χ0n) is 10.9. The van der Waals surface area contributed by atoms with Crippen LogP contribution in [0.5, 0.6) is 0 Å². The van der Waals surface area contributed by atoms with Gasteiger partial charge in [-0.1, -0.05) is 20.8 Å². The minimum atomic E-state index is -3.76. The molecule has 5 nitrogen and oxygen atoms in total. The fourth-order valence-corrected chi connectivity index (χ4v) is 3.35. The van der Waals surface area contributed by atoms with Crippen LogP contribution in [0, 0.1) is 12.3 Å². The maximum absolute atomic E-state index is 11.8. The zero-order chi connectivity index (χ0) is 14.1. The second-order valence-electron chi connectivity index (χ2n) is 5.32. The van der Waals surface area contributed by atoms with E-state index in [-0.39, 0.29) is 16.2 Å². The summed E-state index contributed by atoms with van der Waals surface area (Å²) in [5.74, 6) is -0.270. The van der Waals surface area contributed by atoms with Crippen molar-refractivity contribution >= 4 is 27.3 Å². The lowest BCUT2D eigenvalue weighted by Gasteiger charge is -2.18. The quantitative estimate of drug-likeness (QED) is 0.883. The number of amides is 1. The van der Waals surface area contributed by atoms with Gasteiger partial charge < -0.3 is 5.32 Å². The van der Waals surface area contributed by atoms with E-state index in [0.717, 1.165) is 11.3 Å². The van der Waals surface area contributed by atoms with E-state index in [0.29, 0.717) is 16.3 Å². The van der Waals surface area contributed by atoms with Crippen molar-refractivity contribution in [2.75, 3.05) is 6.54 Å². The Morgan fingerprint density at radius 2 is 2.00 bits per heavy atom. The molecule has 0 radical (unpaired) electrons. The highest BCUT2D eigenvalue weighted by Gasteiger charge is 2.20. The van der Waals surface area contributed by atoms with Crippen molar-refractivity contribution < 1.29 is 13.2 Å². The average molecular weight is 290 g/mol. The molecule has 0 atom stereocenters. The van der Waals surface area contributed by atoms with E-state index in [2.05, 4.69) is 5.32 Å². The van der Waals surface area contributed by atoms with Gasteiger partial charge in [-0.05, 0) is 18.4 Å². The Morgan fingerprint density at radius 3 is 2.39 bits per heavy atom. The van der Waals surface area contributed by atoms with Gasteiger partial charge in [0, 0.05) is 11.4 Å². The monoisotopic (exact) mass is 290 g/mol. The van der Waals surface area contributed by atoms with Crippen LogP contribution in [-0.2, 0) is 10.0 Å². The van der Waals surface area contributed by atoms with Crippen molar-refractivity contribution in [1.29, 1.82) is 0 Å². The van der Waals surface area contributed by atoms with E-state index >= 15 is 0 Å². The van der Waals surface area contributed by atoms with Gasteiger partial charge in [-0.3, -0.25) is 4.79 Å². The van der Waals surface area contributed by atoms with Gasteiger partial charge in [0.05, 0.1) is 9.77 Å². The maximum Gasteiger partial charge on any atom is 0.261 e. The van der Waals surface area contributed by atoms with E-state index in [1.165, 1.54) is 6.07 Å². The highest BCUT2D eigenvalue weighted by Crippen LogP contribution is 2.24. The molecule has 0 spiro atoms. The van der Waals surface area contributed by atoms with Crippen LogP contribution in [0.4, 0.5) is 0 Å². The third-order valence-electron chi connectivity index (χ3n) is 2.18. The van der Waals surface area contributed by atoms with Crippen molar-refractivity contribution in [2.45, 2.75) is 32.6 Å². The Morgan fingerprint density at radius 1 is 1.44 bits per heavy atom. The molecule has 0 aliphatic carbocycles. The summed E-state index contributed by atoms with van der Waals surface area (Å²) in [5, 5.41) is 7.83. The van der Waals surface area contributed by atoms with Crippen molar-refractivity contribution in [1.82, 2.24) is 5.32 Å². The van der Waals surface area contributed by atoms with Gasteiger partial charge in [0.2, 0.25) is 10.0 Å². The molecule has 0 saturated carbocycles. The molecule has 1 amide bonds. The first-order valence-electron chi connectivity index (χ1n) is 5.42. The standard InChI is InChI=1S/C11H18N2O3S2/c1-7-9(18(12,15)16)5-8(17-7)10(14)13-6-11(2,3)4/h5H,6H2,1-4H3,(H,13,14)(H2,12,15,16). The summed E-state index contributed by atoms with van der Waals surface area (Å²) in [4.78, 5) is 12.8. The normalized spacial score (nSPS) is 12.5. The van der Waals surface area contributed by atoms with E-state index in [1.54, 1.807) is 6.92 Å². The third kappa shape index (κ3) is 4.08. The average Bonchev–Trinajstić information content (AvgIpc) is 2.55. The van der Waals surface area contributed by atoms with E-state index < -0.39 is 10.0 Å². The lowest BCUT2D eigenvalue weighted by Crippen LogP contribution is -2.31. The molecule has 1 rings (SSSR count). The zero-order valence-corrected chi connectivity index (χ0v) is 12.5. The number of hydrogen-bond acceptors (Lipinski definition) is 4. The molecule has 7 heteroatoms. The molecule has 0 aliphatic rings. The summed E-state index contributed by atoms with van der Waals surface area (Å²) < 4.78 is 22.5. The molecule has 1 heterocycles. The summed E-state index contributed by atoms with van der Waals surface area (Å²) >= 11 is 1.13. The van der Waals surface area contributed by atoms with Crippen molar-refractivity contribution in [3.8, 4) is 0 Å². The second kappa shape index (κ2) is 4.99. The number of nitrogens with one attached hydrogen (secondary N) is 1. The second-order valence-corrected chi connectivity index (χ2v) is 8.11. The first-order chi connectivity index (χ1) is 8.00. The van der Waals surface area contributed by atoms with Gasteiger partial charge in [0.1, 0.15) is 0 Å². The van der Waals surface area contributed by atoms with Gasteiger partial charge in [0.25, 0.3) is 5.91 Å². The fourth-order valence-electron chi connectivity index (χ4n) is 1.29. The Kier molecular flexibility index (Phi) is 4.19. The van der Waals surface area contributed by atoms with Gasteiger partial charge in [-0.15, -0.1) is 11.3 Å². The molecule has 0 saturated heterocycles. The summed E-state index contributed by atoms with van der Waals surface area (Å²) in [6.45, 7) is 8.16. The Labute approximate surface area is 111 Å². The number of sulfonamides is 1. The fraction of sp³-hybridized carbons (Fsp3) is 0.545. The Balaban J connectivity index is 2.90. The van der Waals surface area contributed by atoms with Crippen LogP contribution in [-0.4, -0.2) is 20.9 Å². The summed E-state index contributed by atoms with van der Waals surface area (Å²) in [6.07, 6.45) is 0. The number of nitrogens with two attached hydrogens (primary N) is 1. The molecule has 0 unspecified atom stereocenters. The summed E-state index contributed by atoms with van der Waals surface area (Å²) in [6, 6.07) is 1.33. The number of thiophene rings is 1. The van der Waals surface area contributed by atoms with Gasteiger partial charge in [-0.2, -0.15) is 0 Å². The lowest BCUT2D eigenvalue weighted by molar-refractivity contribution is 0.0943. The van der Waals surface area contributed by atoms with Crippen molar-refractivity contribution in [2.24, 2.45) is 10.6 Å². The molecular formula is C11H18N2O3S2. The number of carbonyl (C=O) groups excluding carboxylic acids is 1. The highest BCUT2D eigenvalue weighted by molar-refractivity contribution is 7.89. The van der Waals surface area contributed by atoms with Gasteiger partial charge >= 0.3 is 0 Å². The number of hydrogen-bond donors (Lipinski definition) is 2. The maximum atomic E-state index is 11.8. The van der Waals surface area contributed by atoms with Gasteiger partial charge in [0.15, 0.2) is 0 Å². The van der Waals surface area contributed by atoms with Crippen LogP contribution >= 0.6 is 11.3 Å². The molecule has 0 bridgehead atoms. The molecule has 102 valence electrons. The smallest absolute Gasteiger partial charge is 0.261 e. The Hall–Kier alpha value is -0.920. The van der Waals surface area contributed by atoms with Crippen molar-refractivity contribution in [3.63, 3.8) is 0 Å². The minimum Gasteiger partial charge on any atom is -0.351 e.